The normalized spacial score (nSPS) is 23.4. The van der Waals surface area contributed by atoms with Crippen LogP contribution < -0.4 is 4.90 Å². The van der Waals surface area contributed by atoms with Gasteiger partial charge in [0.25, 0.3) is 0 Å². The summed E-state index contributed by atoms with van der Waals surface area (Å²) < 4.78 is 0. The summed E-state index contributed by atoms with van der Waals surface area (Å²) in [6, 6.07) is 21.8. The average molecular weight is 601 g/mol. The molecule has 3 atom stereocenters. The fourth-order valence-electron chi connectivity index (χ4n) is 8.05. The number of carbonyl (C=O) groups is 1. The number of thiazole rings is 1. The maximum Gasteiger partial charge on any atom is 0.321 e. The van der Waals surface area contributed by atoms with Gasteiger partial charge in [0.2, 0.25) is 0 Å². The minimum absolute atomic E-state index is 0.286. The molecule has 3 fully saturated rings. The van der Waals surface area contributed by atoms with Crippen molar-refractivity contribution in [1.29, 1.82) is 0 Å². The highest BCUT2D eigenvalue weighted by molar-refractivity contribution is 7.13. The van der Waals surface area contributed by atoms with E-state index >= 15 is 0 Å². The molecule has 3 aliphatic rings. The lowest BCUT2D eigenvalue weighted by Gasteiger charge is -2.40. The van der Waals surface area contributed by atoms with Gasteiger partial charge >= 0.3 is 5.97 Å². The monoisotopic (exact) mass is 600 g/mol. The van der Waals surface area contributed by atoms with E-state index in [1.807, 2.05) is 0 Å². The zero-order chi connectivity index (χ0) is 29.6. The molecule has 0 bridgehead atoms. The first-order valence-corrected chi connectivity index (χ1v) is 17.4. The number of anilines is 1. The number of benzene rings is 2. The molecule has 2 aliphatic heterocycles. The predicted octanol–water partition coefficient (Wildman–Crippen LogP) is 6.71. The fourth-order valence-corrected chi connectivity index (χ4v) is 8.95. The number of hydrogen-bond acceptors (Lipinski definition) is 6. The fraction of sp³-hybridized carbons (Fsp3) is 0.556. The lowest BCUT2D eigenvalue weighted by Crippen LogP contribution is -2.48. The van der Waals surface area contributed by atoms with Gasteiger partial charge in [-0.25, -0.2) is 4.98 Å². The molecule has 6 rings (SSSR count). The van der Waals surface area contributed by atoms with Gasteiger partial charge in [0, 0.05) is 56.6 Å². The lowest BCUT2D eigenvalue weighted by molar-refractivity contribution is -0.145. The van der Waals surface area contributed by atoms with Crippen LogP contribution in [0.3, 0.4) is 0 Å². The summed E-state index contributed by atoms with van der Waals surface area (Å²) in [7, 11) is 0. The van der Waals surface area contributed by atoms with E-state index in [1.165, 1.54) is 30.4 Å². The van der Waals surface area contributed by atoms with Crippen LogP contribution in [0.1, 0.15) is 67.7 Å². The van der Waals surface area contributed by atoms with Gasteiger partial charge < -0.3 is 14.9 Å². The third-order valence-electron chi connectivity index (χ3n) is 10.3. The second-order valence-electron chi connectivity index (χ2n) is 13.1. The number of carboxylic acid groups (broad SMARTS) is 1. The largest absolute Gasteiger partial charge is 0.480 e. The summed E-state index contributed by atoms with van der Waals surface area (Å²) in [6.45, 7) is 8.03. The molecule has 3 heterocycles. The first kappa shape index (κ1) is 30.3. The van der Waals surface area contributed by atoms with Crippen LogP contribution in [0, 0.1) is 18.8 Å². The quantitative estimate of drug-likeness (QED) is 0.264. The van der Waals surface area contributed by atoms with E-state index in [4.69, 9.17) is 4.98 Å². The van der Waals surface area contributed by atoms with Gasteiger partial charge in [-0.3, -0.25) is 9.69 Å². The third kappa shape index (κ3) is 7.50. The van der Waals surface area contributed by atoms with E-state index in [0.29, 0.717) is 17.9 Å². The van der Waals surface area contributed by atoms with Gasteiger partial charge in [0.05, 0.1) is 5.69 Å². The molecule has 7 heteroatoms. The van der Waals surface area contributed by atoms with Crippen LogP contribution in [0.4, 0.5) is 5.13 Å². The van der Waals surface area contributed by atoms with Crippen LogP contribution in [0.5, 0.6) is 0 Å². The van der Waals surface area contributed by atoms with E-state index in [1.54, 1.807) is 11.3 Å². The Morgan fingerprint density at radius 3 is 2.33 bits per heavy atom. The van der Waals surface area contributed by atoms with Gasteiger partial charge in [0.15, 0.2) is 5.13 Å². The van der Waals surface area contributed by atoms with Gasteiger partial charge in [-0.2, -0.15) is 0 Å². The van der Waals surface area contributed by atoms with E-state index < -0.39 is 5.97 Å². The van der Waals surface area contributed by atoms with Gasteiger partial charge in [0.1, 0.15) is 6.04 Å². The SMILES string of the molecule is Cc1csc(N(CCc2ccccc2)C2CCN(CC3CN(C(C(=O)O)C4CCCCC4)CC3c3ccccc3)CC2)n1. The number of aliphatic carboxylic acids is 1. The first-order valence-electron chi connectivity index (χ1n) is 16.5. The highest BCUT2D eigenvalue weighted by atomic mass is 32.1. The van der Waals surface area contributed by atoms with Crippen molar-refractivity contribution in [1.82, 2.24) is 14.8 Å². The molecule has 0 radical (unpaired) electrons. The number of rotatable bonds is 11. The van der Waals surface area contributed by atoms with Crippen LogP contribution >= 0.6 is 11.3 Å². The topological polar surface area (TPSA) is 59.9 Å². The molecular formula is C36H48N4O2S. The summed E-state index contributed by atoms with van der Waals surface area (Å²) in [5.41, 5.74) is 3.85. The molecule has 0 spiro atoms. The summed E-state index contributed by atoms with van der Waals surface area (Å²) >= 11 is 1.78. The van der Waals surface area contributed by atoms with Crippen molar-refractivity contribution in [2.45, 2.75) is 76.3 Å². The van der Waals surface area contributed by atoms with Crippen LogP contribution in [0.25, 0.3) is 0 Å². The first-order chi connectivity index (χ1) is 21.0. The molecule has 6 nitrogen and oxygen atoms in total. The summed E-state index contributed by atoms with van der Waals surface area (Å²) in [5, 5.41) is 13.7. The molecule has 0 amide bonds. The molecule has 1 saturated carbocycles. The molecule has 2 saturated heterocycles. The van der Waals surface area contributed by atoms with Gasteiger partial charge in [-0.15, -0.1) is 11.3 Å². The Bertz CT molecular complexity index is 1290. The van der Waals surface area contributed by atoms with Crippen molar-refractivity contribution >= 4 is 22.4 Å². The van der Waals surface area contributed by atoms with Crippen molar-refractivity contribution in [2.75, 3.05) is 44.2 Å². The number of aryl methyl sites for hydroxylation is 1. The Kier molecular flexibility index (Phi) is 10.1. The number of piperidine rings is 1. The zero-order valence-electron chi connectivity index (χ0n) is 25.7. The molecule has 1 aliphatic carbocycles. The zero-order valence-corrected chi connectivity index (χ0v) is 26.5. The van der Waals surface area contributed by atoms with E-state index in [0.717, 1.165) is 82.2 Å². The Morgan fingerprint density at radius 2 is 1.67 bits per heavy atom. The number of aromatic nitrogens is 1. The predicted molar refractivity (Wildman–Crippen MR) is 176 cm³/mol. The Hall–Kier alpha value is -2.74. The number of hydrogen-bond donors (Lipinski definition) is 1. The maximum atomic E-state index is 12.6. The number of carboxylic acids is 1. The van der Waals surface area contributed by atoms with Crippen LogP contribution in [0.15, 0.2) is 66.0 Å². The standard InChI is InChI=1S/C36H48N4O2S/c1-27-26-43-36(37-27)40(22-17-28-11-5-2-6-12-28)32-18-20-38(21-19-32)23-31-24-39(25-33(31)29-13-7-3-8-14-29)34(35(41)42)30-15-9-4-10-16-30/h2-3,5-8,11-14,26,30-34H,4,9-10,15-25H2,1H3,(H,41,42). The van der Waals surface area contributed by atoms with Crippen molar-refractivity contribution < 1.29 is 9.90 Å². The molecule has 43 heavy (non-hydrogen) atoms. The highest BCUT2D eigenvalue weighted by Gasteiger charge is 2.43. The van der Waals surface area contributed by atoms with Crippen LogP contribution in [-0.2, 0) is 11.2 Å². The van der Waals surface area contributed by atoms with E-state index in [-0.39, 0.29) is 12.0 Å². The second-order valence-corrected chi connectivity index (χ2v) is 14.0. The minimum Gasteiger partial charge on any atom is -0.480 e. The van der Waals surface area contributed by atoms with Crippen LogP contribution in [-0.4, -0.2) is 77.2 Å². The van der Waals surface area contributed by atoms with Crippen molar-refractivity contribution in [2.24, 2.45) is 11.8 Å². The van der Waals surface area contributed by atoms with Crippen molar-refractivity contribution in [3.05, 3.63) is 82.9 Å². The number of likely N-dealkylation sites (tertiary alicyclic amines) is 2. The second kappa shape index (κ2) is 14.4. The molecule has 230 valence electrons. The van der Waals surface area contributed by atoms with Gasteiger partial charge in [-0.1, -0.05) is 79.9 Å². The smallest absolute Gasteiger partial charge is 0.321 e. The highest BCUT2D eigenvalue weighted by Crippen LogP contribution is 2.39. The van der Waals surface area contributed by atoms with E-state index in [2.05, 4.69) is 87.7 Å². The minimum atomic E-state index is -0.617. The van der Waals surface area contributed by atoms with Crippen molar-refractivity contribution in [3.63, 3.8) is 0 Å². The Balaban J connectivity index is 1.12. The van der Waals surface area contributed by atoms with Crippen molar-refractivity contribution in [3.8, 4) is 0 Å². The number of nitrogens with zero attached hydrogens (tertiary/aromatic N) is 4. The molecule has 3 unspecified atom stereocenters. The van der Waals surface area contributed by atoms with E-state index in [9.17, 15) is 9.90 Å². The lowest BCUT2D eigenvalue weighted by atomic mass is 9.83. The molecule has 1 N–H and O–H groups in total. The summed E-state index contributed by atoms with van der Waals surface area (Å²) in [6.07, 6.45) is 9.01. The summed E-state index contributed by atoms with van der Waals surface area (Å²) in [5.74, 6) is 0.493. The summed E-state index contributed by atoms with van der Waals surface area (Å²) in [4.78, 5) is 25.1. The Labute approximate surface area is 261 Å². The Morgan fingerprint density at radius 1 is 0.977 bits per heavy atom. The molecular weight excluding hydrogens is 552 g/mol. The average Bonchev–Trinajstić information content (AvgIpc) is 3.65. The molecule has 1 aromatic heterocycles. The van der Waals surface area contributed by atoms with Crippen LogP contribution in [0.2, 0.25) is 0 Å². The third-order valence-corrected chi connectivity index (χ3v) is 11.3. The molecule has 3 aromatic rings. The van der Waals surface area contributed by atoms with Gasteiger partial charge in [-0.05, 0) is 62.0 Å². The maximum absolute atomic E-state index is 12.6. The molecule has 2 aromatic carbocycles.